The lowest BCUT2D eigenvalue weighted by Gasteiger charge is -2.48. The molecule has 2 saturated heterocycles. The van der Waals surface area contributed by atoms with E-state index in [1.807, 2.05) is 12.3 Å². The van der Waals surface area contributed by atoms with Crippen LogP contribution >= 0.6 is 0 Å². The van der Waals surface area contributed by atoms with Gasteiger partial charge in [0.15, 0.2) is 0 Å². The van der Waals surface area contributed by atoms with Crippen molar-refractivity contribution in [1.82, 2.24) is 14.8 Å². The van der Waals surface area contributed by atoms with Crippen molar-refractivity contribution >= 4 is 10.9 Å². The number of fused-ring (bicyclic) bond motifs is 1. The highest BCUT2D eigenvalue weighted by molar-refractivity contribution is 5.78. The SMILES string of the molecule is CN1CC(O)CC2(CCN(Cc3cnc4ccccc4c3)CC2)C1. The molecule has 1 aromatic heterocycles. The zero-order valence-electron chi connectivity index (χ0n) is 14.5. The Hall–Kier alpha value is -1.49. The van der Waals surface area contributed by atoms with E-state index < -0.39 is 0 Å². The molecule has 1 atom stereocenters. The largest absolute Gasteiger partial charge is 0.392 e. The van der Waals surface area contributed by atoms with Crippen molar-refractivity contribution < 1.29 is 5.11 Å². The number of benzene rings is 1. The molecule has 0 bridgehead atoms. The van der Waals surface area contributed by atoms with Crippen molar-refractivity contribution in [2.75, 3.05) is 33.2 Å². The average Bonchev–Trinajstić information content (AvgIpc) is 2.56. The highest BCUT2D eigenvalue weighted by Gasteiger charge is 2.40. The first kappa shape index (κ1) is 16.0. The molecule has 0 amide bonds. The summed E-state index contributed by atoms with van der Waals surface area (Å²) >= 11 is 0. The van der Waals surface area contributed by atoms with Crippen LogP contribution in [0.1, 0.15) is 24.8 Å². The van der Waals surface area contributed by atoms with Gasteiger partial charge in [0.05, 0.1) is 11.6 Å². The van der Waals surface area contributed by atoms with Crippen LogP contribution in [-0.4, -0.2) is 59.2 Å². The third kappa shape index (κ3) is 3.32. The number of hydrogen-bond donors (Lipinski definition) is 1. The van der Waals surface area contributed by atoms with Crippen LogP contribution < -0.4 is 0 Å². The Morgan fingerprint density at radius 2 is 2.04 bits per heavy atom. The lowest BCUT2D eigenvalue weighted by molar-refractivity contribution is -0.0331. The Labute approximate surface area is 144 Å². The predicted octanol–water partition coefficient (Wildman–Crippen LogP) is 2.51. The van der Waals surface area contributed by atoms with Gasteiger partial charge in [-0.05, 0) is 62.5 Å². The van der Waals surface area contributed by atoms with E-state index >= 15 is 0 Å². The van der Waals surface area contributed by atoms with Gasteiger partial charge in [0.2, 0.25) is 0 Å². The van der Waals surface area contributed by atoms with E-state index in [1.165, 1.54) is 23.8 Å². The zero-order valence-corrected chi connectivity index (χ0v) is 14.5. The van der Waals surface area contributed by atoms with E-state index in [-0.39, 0.29) is 6.10 Å². The minimum Gasteiger partial charge on any atom is -0.392 e. The molecule has 0 saturated carbocycles. The molecular weight excluding hydrogens is 298 g/mol. The van der Waals surface area contributed by atoms with E-state index in [0.29, 0.717) is 5.41 Å². The summed E-state index contributed by atoms with van der Waals surface area (Å²) in [6.07, 6.45) is 5.22. The average molecular weight is 325 g/mol. The third-order valence-electron chi connectivity index (χ3n) is 5.77. The molecule has 4 heteroatoms. The fourth-order valence-corrected chi connectivity index (χ4v) is 4.63. The number of rotatable bonds is 2. The van der Waals surface area contributed by atoms with Crippen LogP contribution in [0.3, 0.4) is 0 Å². The molecule has 2 aliphatic heterocycles. The highest BCUT2D eigenvalue weighted by Crippen LogP contribution is 2.39. The Morgan fingerprint density at radius 3 is 2.83 bits per heavy atom. The van der Waals surface area contributed by atoms with Crippen molar-refractivity contribution in [3.05, 3.63) is 42.1 Å². The number of para-hydroxylation sites is 1. The van der Waals surface area contributed by atoms with Crippen molar-refractivity contribution in [2.45, 2.75) is 31.9 Å². The molecule has 2 aromatic rings. The summed E-state index contributed by atoms with van der Waals surface area (Å²) in [5, 5.41) is 11.4. The normalized spacial score (nSPS) is 25.3. The molecule has 0 aliphatic carbocycles. The second kappa shape index (κ2) is 6.43. The number of hydrogen-bond acceptors (Lipinski definition) is 4. The number of likely N-dealkylation sites (tertiary alicyclic amines) is 2. The summed E-state index contributed by atoms with van der Waals surface area (Å²) in [7, 11) is 2.14. The second-order valence-electron chi connectivity index (χ2n) is 7.87. The molecule has 4 rings (SSSR count). The maximum Gasteiger partial charge on any atom is 0.0702 e. The number of aliphatic hydroxyl groups is 1. The molecule has 1 N–H and O–H groups in total. The van der Waals surface area contributed by atoms with Gasteiger partial charge in [0.25, 0.3) is 0 Å². The molecule has 0 radical (unpaired) electrons. The van der Waals surface area contributed by atoms with E-state index in [9.17, 15) is 5.11 Å². The predicted molar refractivity (Wildman–Crippen MR) is 96.8 cm³/mol. The topological polar surface area (TPSA) is 39.6 Å². The fourth-order valence-electron chi connectivity index (χ4n) is 4.63. The number of aliphatic hydroxyl groups excluding tert-OH is 1. The van der Waals surface area contributed by atoms with Crippen LogP contribution in [0.5, 0.6) is 0 Å². The lowest BCUT2D eigenvalue weighted by Crippen LogP contribution is -2.52. The van der Waals surface area contributed by atoms with Gasteiger partial charge in [-0.15, -0.1) is 0 Å². The number of likely N-dealkylation sites (N-methyl/N-ethyl adjacent to an activating group) is 1. The molecule has 24 heavy (non-hydrogen) atoms. The van der Waals surface area contributed by atoms with Gasteiger partial charge in [0, 0.05) is 31.2 Å². The van der Waals surface area contributed by atoms with Gasteiger partial charge < -0.3 is 10.0 Å². The van der Waals surface area contributed by atoms with Gasteiger partial charge in [-0.2, -0.15) is 0 Å². The number of aromatic nitrogens is 1. The number of β-amino-alcohol motifs (C(OH)–C–C–N with tert-alkyl or cyclic N) is 1. The van der Waals surface area contributed by atoms with Gasteiger partial charge in [-0.25, -0.2) is 0 Å². The Morgan fingerprint density at radius 1 is 1.25 bits per heavy atom. The summed E-state index contributed by atoms with van der Waals surface area (Å²) < 4.78 is 0. The summed E-state index contributed by atoms with van der Waals surface area (Å²) in [6, 6.07) is 10.6. The second-order valence-corrected chi connectivity index (χ2v) is 7.87. The number of nitrogens with zero attached hydrogens (tertiary/aromatic N) is 3. The molecule has 2 fully saturated rings. The minimum absolute atomic E-state index is 0.153. The van der Waals surface area contributed by atoms with Crippen LogP contribution in [0, 0.1) is 5.41 Å². The van der Waals surface area contributed by atoms with Crippen LogP contribution in [0.4, 0.5) is 0 Å². The third-order valence-corrected chi connectivity index (χ3v) is 5.77. The number of piperidine rings is 2. The van der Waals surface area contributed by atoms with Crippen LogP contribution in [0.25, 0.3) is 10.9 Å². The van der Waals surface area contributed by atoms with Crippen LogP contribution in [-0.2, 0) is 6.54 Å². The summed E-state index contributed by atoms with van der Waals surface area (Å²) in [5.74, 6) is 0. The minimum atomic E-state index is -0.153. The molecule has 128 valence electrons. The first-order valence-electron chi connectivity index (χ1n) is 9.05. The summed E-state index contributed by atoms with van der Waals surface area (Å²) in [4.78, 5) is 9.43. The smallest absolute Gasteiger partial charge is 0.0702 e. The van der Waals surface area contributed by atoms with Crippen LogP contribution in [0.15, 0.2) is 36.5 Å². The van der Waals surface area contributed by atoms with E-state index in [1.54, 1.807) is 0 Å². The molecule has 1 aromatic carbocycles. The van der Waals surface area contributed by atoms with Gasteiger partial charge >= 0.3 is 0 Å². The first-order valence-corrected chi connectivity index (χ1v) is 9.05. The molecular formula is C20H27N3O. The maximum atomic E-state index is 10.1. The van der Waals surface area contributed by atoms with Crippen molar-refractivity contribution in [2.24, 2.45) is 5.41 Å². The van der Waals surface area contributed by atoms with E-state index in [2.05, 4.69) is 46.1 Å². The van der Waals surface area contributed by atoms with Gasteiger partial charge in [-0.3, -0.25) is 9.88 Å². The number of pyridine rings is 1. The molecule has 1 spiro atoms. The fraction of sp³-hybridized carbons (Fsp3) is 0.550. The summed E-state index contributed by atoms with van der Waals surface area (Å²) in [6.45, 7) is 5.18. The highest BCUT2D eigenvalue weighted by atomic mass is 16.3. The Bertz CT molecular complexity index is 697. The first-order chi connectivity index (χ1) is 11.6. The lowest BCUT2D eigenvalue weighted by atomic mass is 9.71. The molecule has 3 heterocycles. The molecule has 4 nitrogen and oxygen atoms in total. The van der Waals surface area contributed by atoms with Crippen LogP contribution in [0.2, 0.25) is 0 Å². The van der Waals surface area contributed by atoms with E-state index in [4.69, 9.17) is 0 Å². The summed E-state index contributed by atoms with van der Waals surface area (Å²) in [5.41, 5.74) is 2.69. The molecule has 2 aliphatic rings. The van der Waals surface area contributed by atoms with Crippen molar-refractivity contribution in [3.63, 3.8) is 0 Å². The zero-order chi connectivity index (χ0) is 16.6. The Kier molecular flexibility index (Phi) is 4.29. The standard InChI is InChI=1S/C20H27N3O/c1-22-14-18(24)11-20(15-22)6-8-23(9-7-20)13-16-10-17-4-2-3-5-19(17)21-12-16/h2-5,10,12,18,24H,6-9,11,13-15H2,1H3. The monoisotopic (exact) mass is 325 g/mol. The van der Waals surface area contributed by atoms with E-state index in [0.717, 1.165) is 44.7 Å². The maximum absolute atomic E-state index is 10.1. The quantitative estimate of drug-likeness (QED) is 0.921. The molecule has 1 unspecified atom stereocenters. The van der Waals surface area contributed by atoms with Crippen molar-refractivity contribution in [1.29, 1.82) is 0 Å². The van der Waals surface area contributed by atoms with Crippen molar-refractivity contribution in [3.8, 4) is 0 Å². The van der Waals surface area contributed by atoms with Gasteiger partial charge in [-0.1, -0.05) is 18.2 Å². The van der Waals surface area contributed by atoms with Gasteiger partial charge in [0.1, 0.15) is 0 Å². The Balaban J connectivity index is 1.40.